The highest BCUT2D eigenvalue weighted by Gasteiger charge is 2.25. The van der Waals surface area contributed by atoms with Crippen molar-refractivity contribution < 1.29 is 19.1 Å². The van der Waals surface area contributed by atoms with E-state index in [0.717, 1.165) is 12.0 Å². The number of carbonyl (C=O) groups excluding carboxylic acids is 2. The van der Waals surface area contributed by atoms with Crippen molar-refractivity contribution in [3.8, 4) is 0 Å². The summed E-state index contributed by atoms with van der Waals surface area (Å²) in [6.45, 7) is 2.23. The summed E-state index contributed by atoms with van der Waals surface area (Å²) in [5, 5.41) is 2.67. The monoisotopic (exact) mass is 263 g/mol. The average molecular weight is 263 g/mol. The van der Waals surface area contributed by atoms with E-state index in [2.05, 4.69) is 5.32 Å². The molecule has 0 saturated carbocycles. The van der Waals surface area contributed by atoms with E-state index in [1.54, 1.807) is 6.07 Å². The first-order valence-corrected chi connectivity index (χ1v) is 6.30. The maximum atomic E-state index is 11.6. The van der Waals surface area contributed by atoms with Gasteiger partial charge >= 0.3 is 5.97 Å². The second-order valence-electron chi connectivity index (χ2n) is 4.53. The van der Waals surface area contributed by atoms with Gasteiger partial charge in [0, 0.05) is 12.3 Å². The number of hydrogen-bond acceptors (Lipinski definition) is 4. The molecular formula is C14H17NO4. The first-order chi connectivity index (χ1) is 9.15. The van der Waals surface area contributed by atoms with Crippen LogP contribution in [0.25, 0.3) is 0 Å². The van der Waals surface area contributed by atoms with Crippen LogP contribution in [0.1, 0.15) is 18.4 Å². The Hall–Kier alpha value is -1.88. The van der Waals surface area contributed by atoms with Crippen molar-refractivity contribution in [2.45, 2.75) is 25.9 Å². The minimum absolute atomic E-state index is 0.285. The molecule has 1 aliphatic rings. The van der Waals surface area contributed by atoms with E-state index in [-0.39, 0.29) is 12.5 Å². The number of anilines is 1. The number of benzene rings is 1. The fourth-order valence-corrected chi connectivity index (χ4v) is 1.91. The predicted molar refractivity (Wildman–Crippen MR) is 69.7 cm³/mol. The van der Waals surface area contributed by atoms with Crippen molar-refractivity contribution in [1.29, 1.82) is 0 Å². The van der Waals surface area contributed by atoms with Crippen LogP contribution in [-0.2, 0) is 19.1 Å². The molecule has 1 aliphatic heterocycles. The molecule has 0 spiro atoms. The van der Waals surface area contributed by atoms with Crippen LogP contribution in [0, 0.1) is 6.92 Å². The fourth-order valence-electron chi connectivity index (χ4n) is 1.91. The van der Waals surface area contributed by atoms with Gasteiger partial charge in [-0.25, -0.2) is 4.79 Å². The lowest BCUT2D eigenvalue weighted by molar-refractivity contribution is -0.156. The zero-order valence-corrected chi connectivity index (χ0v) is 10.8. The standard InChI is InChI=1S/C14H17NO4/c1-10-4-2-5-11(8-10)15-13(16)9-19-14(17)12-6-3-7-18-12/h2,4-5,8,12H,3,6-7,9H2,1H3,(H,15,16)/t12-/m0/s1. The number of hydrogen-bond donors (Lipinski definition) is 1. The number of esters is 1. The quantitative estimate of drug-likeness (QED) is 0.839. The van der Waals surface area contributed by atoms with E-state index >= 15 is 0 Å². The van der Waals surface area contributed by atoms with Gasteiger partial charge in [0.25, 0.3) is 5.91 Å². The number of nitrogens with one attached hydrogen (secondary N) is 1. The zero-order chi connectivity index (χ0) is 13.7. The Morgan fingerprint density at radius 3 is 3.00 bits per heavy atom. The summed E-state index contributed by atoms with van der Waals surface area (Å²) in [5.41, 5.74) is 1.74. The number of carbonyl (C=O) groups is 2. The first-order valence-electron chi connectivity index (χ1n) is 6.30. The van der Waals surface area contributed by atoms with E-state index < -0.39 is 12.1 Å². The molecule has 1 atom stereocenters. The Balaban J connectivity index is 1.76. The number of ether oxygens (including phenoxy) is 2. The van der Waals surface area contributed by atoms with Gasteiger partial charge in [-0.1, -0.05) is 12.1 Å². The van der Waals surface area contributed by atoms with Crippen molar-refractivity contribution in [2.24, 2.45) is 0 Å². The van der Waals surface area contributed by atoms with Crippen molar-refractivity contribution in [3.05, 3.63) is 29.8 Å². The summed E-state index contributed by atoms with van der Waals surface area (Å²) in [6.07, 6.45) is 1.01. The Bertz CT molecular complexity index is 466. The SMILES string of the molecule is Cc1cccc(NC(=O)COC(=O)[C@@H]2CCCO2)c1. The highest BCUT2D eigenvalue weighted by Crippen LogP contribution is 2.13. The Morgan fingerprint density at radius 2 is 2.32 bits per heavy atom. The molecule has 5 nitrogen and oxygen atoms in total. The average Bonchev–Trinajstić information content (AvgIpc) is 2.90. The van der Waals surface area contributed by atoms with Crippen LogP contribution in [-0.4, -0.2) is 31.2 Å². The van der Waals surface area contributed by atoms with E-state index in [1.165, 1.54) is 0 Å². The van der Waals surface area contributed by atoms with Crippen LogP contribution in [0.3, 0.4) is 0 Å². The maximum absolute atomic E-state index is 11.6. The van der Waals surface area contributed by atoms with Gasteiger partial charge in [0.05, 0.1) is 0 Å². The summed E-state index contributed by atoms with van der Waals surface area (Å²) in [6, 6.07) is 7.42. The number of rotatable bonds is 4. The lowest BCUT2D eigenvalue weighted by Gasteiger charge is -2.10. The molecule has 0 aliphatic carbocycles. The van der Waals surface area contributed by atoms with Crippen molar-refractivity contribution in [1.82, 2.24) is 0 Å². The third-order valence-electron chi connectivity index (χ3n) is 2.84. The largest absolute Gasteiger partial charge is 0.454 e. The van der Waals surface area contributed by atoms with Gasteiger partial charge in [-0.15, -0.1) is 0 Å². The molecule has 1 N–H and O–H groups in total. The van der Waals surface area contributed by atoms with Gasteiger partial charge in [0.15, 0.2) is 12.7 Å². The zero-order valence-electron chi connectivity index (χ0n) is 10.8. The molecule has 2 rings (SSSR count). The highest BCUT2D eigenvalue weighted by atomic mass is 16.6. The Morgan fingerprint density at radius 1 is 1.47 bits per heavy atom. The van der Waals surface area contributed by atoms with Crippen LogP contribution in [0.5, 0.6) is 0 Å². The molecule has 1 aromatic carbocycles. The third kappa shape index (κ3) is 4.06. The summed E-state index contributed by atoms with van der Waals surface area (Å²) in [4.78, 5) is 23.1. The molecule has 1 aromatic rings. The molecule has 1 fully saturated rings. The van der Waals surface area contributed by atoms with Gasteiger partial charge in [0.2, 0.25) is 0 Å². The maximum Gasteiger partial charge on any atom is 0.335 e. The van der Waals surface area contributed by atoms with Gasteiger partial charge in [0.1, 0.15) is 0 Å². The van der Waals surface area contributed by atoms with E-state index in [1.807, 2.05) is 25.1 Å². The van der Waals surface area contributed by atoms with Gasteiger partial charge in [-0.05, 0) is 37.5 Å². The van der Waals surface area contributed by atoms with E-state index in [4.69, 9.17) is 9.47 Å². The predicted octanol–water partition coefficient (Wildman–Crippen LogP) is 1.66. The molecular weight excluding hydrogens is 246 g/mol. The van der Waals surface area contributed by atoms with Crippen LogP contribution in [0.2, 0.25) is 0 Å². The summed E-state index contributed by atoms with van der Waals surface area (Å²) in [5.74, 6) is -0.811. The van der Waals surface area contributed by atoms with E-state index in [0.29, 0.717) is 18.7 Å². The normalized spacial score (nSPS) is 18.1. The number of aryl methyl sites for hydroxylation is 1. The molecule has 1 amide bonds. The lowest BCUT2D eigenvalue weighted by atomic mass is 10.2. The van der Waals surface area contributed by atoms with Crippen molar-refractivity contribution >= 4 is 17.6 Å². The van der Waals surface area contributed by atoms with Crippen LogP contribution < -0.4 is 5.32 Å². The van der Waals surface area contributed by atoms with Gasteiger partial charge < -0.3 is 14.8 Å². The van der Waals surface area contributed by atoms with Crippen molar-refractivity contribution in [2.75, 3.05) is 18.5 Å². The summed E-state index contributed by atoms with van der Waals surface area (Å²) in [7, 11) is 0. The second kappa shape index (κ2) is 6.33. The lowest BCUT2D eigenvalue weighted by Crippen LogP contribution is -2.27. The number of amides is 1. The molecule has 0 bridgehead atoms. The third-order valence-corrected chi connectivity index (χ3v) is 2.84. The van der Waals surface area contributed by atoms with Crippen LogP contribution in [0.4, 0.5) is 5.69 Å². The molecule has 0 radical (unpaired) electrons. The molecule has 0 aromatic heterocycles. The highest BCUT2D eigenvalue weighted by molar-refractivity contribution is 5.93. The summed E-state index contributed by atoms with van der Waals surface area (Å²) < 4.78 is 10.1. The molecule has 1 saturated heterocycles. The smallest absolute Gasteiger partial charge is 0.335 e. The van der Waals surface area contributed by atoms with Crippen molar-refractivity contribution in [3.63, 3.8) is 0 Å². The molecule has 102 valence electrons. The second-order valence-corrected chi connectivity index (χ2v) is 4.53. The topological polar surface area (TPSA) is 64.6 Å². The molecule has 5 heteroatoms. The summed E-state index contributed by atoms with van der Waals surface area (Å²) >= 11 is 0. The van der Waals surface area contributed by atoms with E-state index in [9.17, 15) is 9.59 Å². The van der Waals surface area contributed by atoms with Crippen LogP contribution >= 0.6 is 0 Å². The Kier molecular flexibility index (Phi) is 4.52. The van der Waals surface area contributed by atoms with Gasteiger partial charge in [-0.2, -0.15) is 0 Å². The van der Waals surface area contributed by atoms with Crippen LogP contribution in [0.15, 0.2) is 24.3 Å². The Labute approximate surface area is 111 Å². The molecule has 0 unspecified atom stereocenters. The fraction of sp³-hybridized carbons (Fsp3) is 0.429. The molecule has 19 heavy (non-hydrogen) atoms. The first kappa shape index (κ1) is 13.5. The van der Waals surface area contributed by atoms with Gasteiger partial charge in [-0.3, -0.25) is 4.79 Å². The minimum Gasteiger partial charge on any atom is -0.454 e. The minimum atomic E-state index is -0.508. The molecule has 1 heterocycles.